The molecule has 0 aliphatic carbocycles. The van der Waals surface area contributed by atoms with E-state index in [1.54, 1.807) is 6.92 Å². The average molecular weight is 434 g/mol. The molecule has 2 saturated heterocycles. The van der Waals surface area contributed by atoms with Gasteiger partial charge in [-0.3, -0.25) is 14.5 Å². The lowest BCUT2D eigenvalue weighted by molar-refractivity contribution is -0.146. The number of nitrogens with zero attached hydrogens (tertiary/aromatic N) is 3. The summed E-state index contributed by atoms with van der Waals surface area (Å²) in [7, 11) is 0. The molecule has 0 radical (unpaired) electrons. The van der Waals surface area contributed by atoms with Gasteiger partial charge in [-0.15, -0.1) is 0 Å². The number of hydrogen-bond acceptors (Lipinski definition) is 5. The predicted molar refractivity (Wildman–Crippen MR) is 123 cm³/mol. The molecule has 2 aromatic carbocycles. The second-order valence-corrected chi connectivity index (χ2v) is 8.81. The molecular weight excluding hydrogens is 402 g/mol. The number of ether oxygens (including phenoxy) is 1. The molecule has 0 N–H and O–H groups in total. The molecule has 2 fully saturated rings. The van der Waals surface area contributed by atoms with Crippen LogP contribution in [-0.4, -0.2) is 60.0 Å². The maximum atomic E-state index is 13.4. The van der Waals surface area contributed by atoms with Crippen molar-refractivity contribution in [2.45, 2.75) is 57.5 Å². The first-order valence-corrected chi connectivity index (χ1v) is 11.7. The van der Waals surface area contributed by atoms with Crippen molar-refractivity contribution in [3.05, 3.63) is 47.5 Å². The van der Waals surface area contributed by atoms with Crippen LogP contribution in [0.3, 0.4) is 0 Å². The lowest BCUT2D eigenvalue weighted by atomic mass is 9.99. The van der Waals surface area contributed by atoms with Crippen LogP contribution in [0, 0.1) is 11.3 Å². The molecule has 168 valence electrons. The zero-order chi connectivity index (χ0) is 22.5. The Morgan fingerprint density at radius 2 is 1.91 bits per heavy atom. The summed E-state index contributed by atoms with van der Waals surface area (Å²) in [4.78, 5) is 29.4. The Kier molecular flexibility index (Phi) is 7.06. The summed E-state index contributed by atoms with van der Waals surface area (Å²) in [6.45, 7) is 3.94. The molecule has 2 atom stereocenters. The minimum atomic E-state index is -0.249. The molecule has 0 aromatic heterocycles. The first-order valence-electron chi connectivity index (χ1n) is 11.7. The monoisotopic (exact) mass is 433 g/mol. The predicted octanol–water partition coefficient (Wildman–Crippen LogP) is 3.66. The van der Waals surface area contributed by atoms with Gasteiger partial charge in [-0.2, -0.15) is 5.26 Å². The van der Waals surface area contributed by atoms with Crippen molar-refractivity contribution in [3.63, 3.8) is 0 Å². The van der Waals surface area contributed by atoms with E-state index in [1.165, 1.54) is 5.56 Å². The molecule has 2 aliphatic heterocycles. The smallest absolute Gasteiger partial charge is 0.320 e. The Morgan fingerprint density at radius 3 is 2.72 bits per heavy atom. The Bertz CT molecular complexity index is 1030. The van der Waals surface area contributed by atoms with Crippen LogP contribution in [0.2, 0.25) is 0 Å². The second-order valence-electron chi connectivity index (χ2n) is 8.81. The summed E-state index contributed by atoms with van der Waals surface area (Å²) in [5.74, 6) is -0.0764. The van der Waals surface area contributed by atoms with Crippen LogP contribution < -0.4 is 0 Å². The first kappa shape index (κ1) is 22.3. The Hall–Kier alpha value is -2.91. The lowest BCUT2D eigenvalue weighted by Crippen LogP contribution is -2.48. The maximum Gasteiger partial charge on any atom is 0.320 e. The van der Waals surface area contributed by atoms with Crippen molar-refractivity contribution in [1.29, 1.82) is 5.26 Å². The molecule has 0 bridgehead atoms. The first-order chi connectivity index (χ1) is 15.6. The molecule has 2 heterocycles. The zero-order valence-corrected chi connectivity index (χ0v) is 18.8. The quantitative estimate of drug-likeness (QED) is 0.623. The van der Waals surface area contributed by atoms with E-state index in [2.05, 4.69) is 29.2 Å². The third-order valence-corrected chi connectivity index (χ3v) is 6.75. The van der Waals surface area contributed by atoms with Gasteiger partial charge in [-0.1, -0.05) is 24.3 Å². The van der Waals surface area contributed by atoms with Gasteiger partial charge in [0.05, 0.1) is 30.8 Å². The highest BCUT2D eigenvalue weighted by Gasteiger charge is 2.38. The van der Waals surface area contributed by atoms with Crippen LogP contribution in [0.1, 0.15) is 50.2 Å². The zero-order valence-electron chi connectivity index (χ0n) is 18.8. The fraction of sp³-hybridized carbons (Fsp3) is 0.500. The number of nitriles is 1. The number of amides is 1. The number of carbonyl (C=O) groups is 2. The third kappa shape index (κ3) is 4.94. The number of esters is 1. The number of aryl methyl sites for hydroxylation is 1. The van der Waals surface area contributed by atoms with Crippen LogP contribution in [0.4, 0.5) is 0 Å². The molecule has 0 spiro atoms. The standard InChI is InChI=1S/C26H31N3O3/c1-2-32-25(30)18-28-13-4-6-24(28)26(31)29-14-3-5-23(29)12-9-19-7-10-21-11-8-20(17-27)16-22(21)15-19/h7-8,10-11,15-16,23-24H,2-6,9,12-14,18H2,1H3/t23-,24-/m1/s1. The molecule has 0 unspecified atom stereocenters. The maximum absolute atomic E-state index is 13.4. The van der Waals surface area contributed by atoms with E-state index in [1.807, 2.05) is 23.1 Å². The number of likely N-dealkylation sites (tertiary alicyclic amines) is 2. The van der Waals surface area contributed by atoms with Gasteiger partial charge in [0.15, 0.2) is 0 Å². The highest BCUT2D eigenvalue weighted by molar-refractivity contribution is 5.85. The van der Waals surface area contributed by atoms with Crippen LogP contribution in [0.25, 0.3) is 10.8 Å². The fourth-order valence-electron chi connectivity index (χ4n) is 5.14. The SMILES string of the molecule is CCOC(=O)CN1CCC[C@@H]1C(=O)N1CCC[C@@H]1CCc1ccc2ccc(C#N)cc2c1. The third-order valence-electron chi connectivity index (χ3n) is 6.75. The molecule has 4 rings (SSSR count). The van der Waals surface area contributed by atoms with Gasteiger partial charge in [-0.25, -0.2) is 0 Å². The van der Waals surface area contributed by atoms with Crippen molar-refractivity contribution >= 4 is 22.6 Å². The summed E-state index contributed by atoms with van der Waals surface area (Å²) < 4.78 is 5.09. The van der Waals surface area contributed by atoms with Crippen LogP contribution in [0.5, 0.6) is 0 Å². The van der Waals surface area contributed by atoms with Crippen molar-refractivity contribution in [2.24, 2.45) is 0 Å². The molecule has 6 nitrogen and oxygen atoms in total. The van der Waals surface area contributed by atoms with E-state index >= 15 is 0 Å². The minimum absolute atomic E-state index is 0.173. The summed E-state index contributed by atoms with van der Waals surface area (Å²) >= 11 is 0. The van der Waals surface area contributed by atoms with Crippen molar-refractivity contribution in [1.82, 2.24) is 9.80 Å². The van der Waals surface area contributed by atoms with Crippen LogP contribution in [0.15, 0.2) is 36.4 Å². The van der Waals surface area contributed by atoms with E-state index in [0.29, 0.717) is 12.2 Å². The van der Waals surface area contributed by atoms with Crippen LogP contribution in [-0.2, 0) is 20.7 Å². The van der Waals surface area contributed by atoms with Gasteiger partial charge in [0, 0.05) is 12.6 Å². The van der Waals surface area contributed by atoms with Gasteiger partial charge >= 0.3 is 5.97 Å². The fourth-order valence-corrected chi connectivity index (χ4v) is 5.14. The Labute approximate surface area is 189 Å². The molecule has 32 heavy (non-hydrogen) atoms. The van der Waals surface area contributed by atoms with E-state index < -0.39 is 0 Å². The van der Waals surface area contributed by atoms with E-state index in [4.69, 9.17) is 10.00 Å². The number of carbonyl (C=O) groups excluding carboxylic acids is 2. The summed E-state index contributed by atoms with van der Waals surface area (Å²) in [5, 5.41) is 11.4. The van der Waals surface area contributed by atoms with Gasteiger partial charge in [0.2, 0.25) is 5.91 Å². The number of rotatable bonds is 7. The summed E-state index contributed by atoms with van der Waals surface area (Å²) in [6, 6.07) is 14.4. The molecule has 0 saturated carbocycles. The van der Waals surface area contributed by atoms with Gasteiger partial charge in [0.1, 0.15) is 0 Å². The molecule has 2 aromatic rings. The normalized spacial score (nSPS) is 21.1. The van der Waals surface area contributed by atoms with Gasteiger partial charge < -0.3 is 9.64 Å². The number of hydrogen-bond donors (Lipinski definition) is 0. The van der Waals surface area contributed by atoms with Crippen molar-refractivity contribution in [3.8, 4) is 6.07 Å². The molecule has 1 amide bonds. The van der Waals surface area contributed by atoms with Gasteiger partial charge in [-0.05, 0) is 80.5 Å². The summed E-state index contributed by atoms with van der Waals surface area (Å²) in [5.41, 5.74) is 1.91. The van der Waals surface area contributed by atoms with Crippen molar-refractivity contribution < 1.29 is 14.3 Å². The van der Waals surface area contributed by atoms with E-state index in [0.717, 1.165) is 62.4 Å². The second kappa shape index (κ2) is 10.1. The van der Waals surface area contributed by atoms with E-state index in [-0.39, 0.29) is 30.5 Å². The van der Waals surface area contributed by atoms with Gasteiger partial charge in [0.25, 0.3) is 0 Å². The minimum Gasteiger partial charge on any atom is -0.465 e. The number of fused-ring (bicyclic) bond motifs is 1. The molecule has 6 heteroatoms. The highest BCUT2D eigenvalue weighted by atomic mass is 16.5. The van der Waals surface area contributed by atoms with Crippen LogP contribution >= 0.6 is 0 Å². The largest absolute Gasteiger partial charge is 0.465 e. The van der Waals surface area contributed by atoms with E-state index in [9.17, 15) is 9.59 Å². The lowest BCUT2D eigenvalue weighted by Gasteiger charge is -2.31. The Morgan fingerprint density at radius 1 is 1.09 bits per heavy atom. The summed E-state index contributed by atoms with van der Waals surface area (Å²) in [6.07, 6.45) is 5.65. The average Bonchev–Trinajstić information content (AvgIpc) is 3.46. The number of benzene rings is 2. The molecule has 2 aliphatic rings. The topological polar surface area (TPSA) is 73.6 Å². The Balaban J connectivity index is 1.39. The van der Waals surface area contributed by atoms with Crippen molar-refractivity contribution in [2.75, 3.05) is 26.2 Å². The molecular formula is C26H31N3O3. The highest BCUT2D eigenvalue weighted by Crippen LogP contribution is 2.27.